The molecule has 0 aliphatic heterocycles. The van der Waals surface area contributed by atoms with Crippen LogP contribution in [0.4, 0.5) is 10.1 Å². The number of hydrogen-bond acceptors (Lipinski definition) is 3. The highest BCUT2D eigenvalue weighted by molar-refractivity contribution is 9.10. The highest BCUT2D eigenvalue weighted by Gasteiger charge is 2.12. The van der Waals surface area contributed by atoms with E-state index in [2.05, 4.69) is 31.3 Å². The van der Waals surface area contributed by atoms with Crippen LogP contribution < -0.4 is 5.32 Å². The van der Waals surface area contributed by atoms with E-state index < -0.39 is 11.7 Å². The van der Waals surface area contributed by atoms with Crippen molar-refractivity contribution in [1.29, 1.82) is 0 Å². The number of halogens is 2. The van der Waals surface area contributed by atoms with Gasteiger partial charge in [-0.1, -0.05) is 15.9 Å². The molecule has 3 rings (SSSR count). The lowest BCUT2D eigenvalue weighted by molar-refractivity contribution is 0.102. The van der Waals surface area contributed by atoms with Gasteiger partial charge in [0.15, 0.2) is 5.65 Å². The maximum absolute atomic E-state index is 13.7. The van der Waals surface area contributed by atoms with Gasteiger partial charge in [-0.05, 0) is 37.3 Å². The summed E-state index contributed by atoms with van der Waals surface area (Å²) >= 11 is 3.16. The van der Waals surface area contributed by atoms with E-state index >= 15 is 0 Å². The molecule has 2 heterocycles. The second-order valence-electron chi connectivity index (χ2n) is 4.48. The Hall–Kier alpha value is -2.28. The predicted molar refractivity (Wildman–Crippen MR) is 79.8 cm³/mol. The van der Waals surface area contributed by atoms with Crippen molar-refractivity contribution in [1.82, 2.24) is 14.6 Å². The minimum absolute atomic E-state index is 0.104. The molecule has 106 valence electrons. The monoisotopic (exact) mass is 348 g/mol. The molecule has 0 saturated heterocycles. The van der Waals surface area contributed by atoms with Crippen LogP contribution in [0.2, 0.25) is 0 Å². The van der Waals surface area contributed by atoms with E-state index in [4.69, 9.17) is 0 Å². The summed E-state index contributed by atoms with van der Waals surface area (Å²) in [5.41, 5.74) is 1.74. The van der Waals surface area contributed by atoms with Crippen LogP contribution in [-0.4, -0.2) is 20.5 Å². The highest BCUT2D eigenvalue weighted by atomic mass is 79.9. The number of nitrogens with zero attached hydrogens (tertiary/aromatic N) is 3. The molecule has 0 fully saturated rings. The normalized spacial score (nSPS) is 10.8. The third-order valence-electron chi connectivity index (χ3n) is 2.85. The van der Waals surface area contributed by atoms with Crippen molar-refractivity contribution < 1.29 is 9.18 Å². The molecule has 21 heavy (non-hydrogen) atoms. The SMILES string of the molecule is Cc1cn2nc(C(=O)Nc3ccc(Br)cc3F)ccc2n1. The Morgan fingerprint density at radius 2 is 2.14 bits per heavy atom. The van der Waals surface area contributed by atoms with Crippen LogP contribution >= 0.6 is 15.9 Å². The van der Waals surface area contributed by atoms with E-state index in [1.807, 2.05) is 6.92 Å². The average Bonchev–Trinajstić information content (AvgIpc) is 2.80. The number of benzene rings is 1. The van der Waals surface area contributed by atoms with E-state index in [1.165, 1.54) is 16.6 Å². The van der Waals surface area contributed by atoms with Crippen molar-refractivity contribution in [2.75, 3.05) is 5.32 Å². The van der Waals surface area contributed by atoms with E-state index in [-0.39, 0.29) is 11.4 Å². The highest BCUT2D eigenvalue weighted by Crippen LogP contribution is 2.19. The van der Waals surface area contributed by atoms with Gasteiger partial charge in [0.2, 0.25) is 0 Å². The minimum atomic E-state index is -0.516. The molecule has 1 N–H and O–H groups in total. The number of amides is 1. The fourth-order valence-corrected chi connectivity index (χ4v) is 2.23. The van der Waals surface area contributed by atoms with Gasteiger partial charge < -0.3 is 5.32 Å². The molecule has 1 aromatic carbocycles. The van der Waals surface area contributed by atoms with Crippen LogP contribution in [0, 0.1) is 12.7 Å². The standard InChI is InChI=1S/C14H10BrFN4O/c1-8-7-20-13(17-8)5-4-12(19-20)14(21)18-11-3-2-9(15)6-10(11)16/h2-7H,1H3,(H,18,21). The van der Waals surface area contributed by atoms with E-state index in [1.54, 1.807) is 24.4 Å². The molecule has 0 bridgehead atoms. The van der Waals surface area contributed by atoms with Gasteiger partial charge in [0.05, 0.1) is 17.6 Å². The van der Waals surface area contributed by atoms with Gasteiger partial charge in [-0.25, -0.2) is 13.9 Å². The Morgan fingerprint density at radius 3 is 2.90 bits per heavy atom. The largest absolute Gasteiger partial charge is 0.318 e. The second-order valence-corrected chi connectivity index (χ2v) is 5.40. The first-order valence-electron chi connectivity index (χ1n) is 6.12. The number of imidazole rings is 1. The summed E-state index contributed by atoms with van der Waals surface area (Å²) in [6.45, 7) is 1.84. The molecule has 7 heteroatoms. The molecular formula is C14H10BrFN4O. The molecule has 3 aromatic rings. The minimum Gasteiger partial charge on any atom is -0.318 e. The van der Waals surface area contributed by atoms with Crippen molar-refractivity contribution in [2.24, 2.45) is 0 Å². The Labute approximate surface area is 127 Å². The fraction of sp³-hybridized carbons (Fsp3) is 0.0714. The molecule has 0 aliphatic rings. The topological polar surface area (TPSA) is 59.3 Å². The summed E-state index contributed by atoms with van der Waals surface area (Å²) in [5.74, 6) is -0.998. The molecular weight excluding hydrogens is 339 g/mol. The maximum atomic E-state index is 13.7. The van der Waals surface area contributed by atoms with Crippen LogP contribution in [0.25, 0.3) is 5.65 Å². The summed E-state index contributed by atoms with van der Waals surface area (Å²) in [6.07, 6.45) is 1.71. The molecule has 0 aliphatic carbocycles. The summed E-state index contributed by atoms with van der Waals surface area (Å²) in [5, 5.41) is 6.64. The fourth-order valence-electron chi connectivity index (χ4n) is 1.90. The lowest BCUT2D eigenvalue weighted by atomic mass is 10.3. The van der Waals surface area contributed by atoms with Gasteiger partial charge in [0, 0.05) is 4.47 Å². The van der Waals surface area contributed by atoms with Crippen LogP contribution in [-0.2, 0) is 0 Å². The smallest absolute Gasteiger partial charge is 0.276 e. The van der Waals surface area contributed by atoms with Crippen molar-refractivity contribution in [3.63, 3.8) is 0 Å². The number of carbonyl (C=O) groups is 1. The second kappa shape index (κ2) is 5.25. The molecule has 0 unspecified atom stereocenters. The van der Waals surface area contributed by atoms with Gasteiger partial charge in [-0.2, -0.15) is 5.10 Å². The van der Waals surface area contributed by atoms with Gasteiger partial charge in [0.25, 0.3) is 5.91 Å². The number of aryl methyl sites for hydroxylation is 1. The Kier molecular flexibility index (Phi) is 3.42. The van der Waals surface area contributed by atoms with Gasteiger partial charge in [-0.15, -0.1) is 0 Å². The third-order valence-corrected chi connectivity index (χ3v) is 3.35. The number of rotatable bonds is 2. The number of hydrogen-bond donors (Lipinski definition) is 1. The number of aromatic nitrogens is 3. The molecule has 0 radical (unpaired) electrons. The Bertz CT molecular complexity index is 846. The maximum Gasteiger partial charge on any atom is 0.276 e. The van der Waals surface area contributed by atoms with Crippen LogP contribution in [0.5, 0.6) is 0 Å². The first kappa shape index (κ1) is 13.7. The van der Waals surface area contributed by atoms with Crippen LogP contribution in [0.15, 0.2) is 41.0 Å². The number of carbonyl (C=O) groups excluding carboxylic acids is 1. The zero-order valence-electron chi connectivity index (χ0n) is 11.0. The van der Waals surface area contributed by atoms with E-state index in [0.29, 0.717) is 10.1 Å². The van der Waals surface area contributed by atoms with Gasteiger partial charge >= 0.3 is 0 Å². The Balaban J connectivity index is 1.89. The van der Waals surface area contributed by atoms with Gasteiger partial charge in [0.1, 0.15) is 11.5 Å². The molecule has 5 nitrogen and oxygen atoms in total. The van der Waals surface area contributed by atoms with E-state index in [0.717, 1.165) is 5.69 Å². The molecule has 2 aromatic heterocycles. The first-order chi connectivity index (χ1) is 10.0. The Morgan fingerprint density at radius 1 is 1.33 bits per heavy atom. The third kappa shape index (κ3) is 2.78. The summed E-state index contributed by atoms with van der Waals surface area (Å²) in [7, 11) is 0. The summed E-state index contributed by atoms with van der Waals surface area (Å²) in [6, 6.07) is 7.65. The lowest BCUT2D eigenvalue weighted by Crippen LogP contribution is -2.16. The van der Waals surface area contributed by atoms with Crippen molar-refractivity contribution >= 4 is 33.2 Å². The first-order valence-corrected chi connectivity index (χ1v) is 6.92. The van der Waals surface area contributed by atoms with Crippen LogP contribution in [0.1, 0.15) is 16.2 Å². The van der Waals surface area contributed by atoms with Crippen LogP contribution in [0.3, 0.4) is 0 Å². The summed E-state index contributed by atoms with van der Waals surface area (Å²) in [4.78, 5) is 16.3. The lowest BCUT2D eigenvalue weighted by Gasteiger charge is -2.06. The number of anilines is 1. The zero-order chi connectivity index (χ0) is 15.0. The van der Waals surface area contributed by atoms with E-state index in [9.17, 15) is 9.18 Å². The molecule has 1 amide bonds. The predicted octanol–water partition coefficient (Wildman–Crippen LogP) is 3.19. The zero-order valence-corrected chi connectivity index (χ0v) is 12.6. The van der Waals surface area contributed by atoms with Gasteiger partial charge in [-0.3, -0.25) is 4.79 Å². The van der Waals surface area contributed by atoms with Crippen molar-refractivity contribution in [3.05, 3.63) is 58.2 Å². The van der Waals surface area contributed by atoms with Crippen molar-refractivity contribution in [3.8, 4) is 0 Å². The number of fused-ring (bicyclic) bond motifs is 1. The quantitative estimate of drug-likeness (QED) is 0.773. The number of nitrogens with one attached hydrogen (secondary N) is 1. The molecule has 0 spiro atoms. The average molecular weight is 349 g/mol. The molecule has 0 saturated carbocycles. The molecule has 0 atom stereocenters. The summed E-state index contributed by atoms with van der Waals surface area (Å²) < 4.78 is 15.8. The van der Waals surface area contributed by atoms with Crippen molar-refractivity contribution in [2.45, 2.75) is 6.92 Å².